The van der Waals surface area contributed by atoms with Crippen LogP contribution in [0, 0.1) is 0 Å². The number of thiazole rings is 1. The molecular weight excluding hydrogens is 224 g/mol. The Morgan fingerprint density at radius 1 is 1.69 bits per heavy atom. The Kier molecular flexibility index (Phi) is 3.78. The van der Waals surface area contributed by atoms with Gasteiger partial charge in [0.1, 0.15) is 0 Å². The summed E-state index contributed by atoms with van der Waals surface area (Å²) in [6.45, 7) is 3.35. The first-order valence-corrected chi connectivity index (χ1v) is 6.49. The molecule has 1 atom stereocenters. The lowest BCUT2D eigenvalue weighted by Gasteiger charge is -2.20. The number of ether oxygens (including phenoxy) is 1. The van der Waals surface area contributed by atoms with Crippen LogP contribution >= 0.6 is 11.3 Å². The number of anilines is 1. The zero-order valence-electron chi connectivity index (χ0n) is 9.72. The number of aliphatic hydroxyl groups excluding tert-OH is 1. The predicted octanol–water partition coefficient (Wildman–Crippen LogP) is 1.81. The quantitative estimate of drug-likeness (QED) is 0.826. The van der Waals surface area contributed by atoms with Crippen LogP contribution in [-0.4, -0.2) is 36.4 Å². The van der Waals surface area contributed by atoms with Crippen LogP contribution in [0.2, 0.25) is 0 Å². The second-order valence-electron chi connectivity index (χ2n) is 4.15. The van der Waals surface area contributed by atoms with Crippen molar-refractivity contribution >= 4 is 16.5 Å². The fraction of sp³-hybridized carbons (Fsp3) is 0.727. The van der Waals surface area contributed by atoms with Crippen molar-refractivity contribution in [2.45, 2.75) is 31.9 Å². The average molecular weight is 242 g/mol. The molecule has 1 aromatic rings. The van der Waals surface area contributed by atoms with Crippen LogP contribution in [0.4, 0.5) is 5.13 Å². The summed E-state index contributed by atoms with van der Waals surface area (Å²) in [7, 11) is 1.72. The van der Waals surface area contributed by atoms with Crippen LogP contribution in [0.15, 0.2) is 5.38 Å². The summed E-state index contributed by atoms with van der Waals surface area (Å²) >= 11 is 1.60. The highest BCUT2D eigenvalue weighted by Crippen LogP contribution is 2.34. The highest BCUT2D eigenvalue weighted by molar-refractivity contribution is 7.13. The van der Waals surface area contributed by atoms with Crippen molar-refractivity contribution in [3.63, 3.8) is 0 Å². The molecule has 0 radical (unpaired) electrons. The van der Waals surface area contributed by atoms with Crippen molar-refractivity contribution in [2.24, 2.45) is 0 Å². The molecule has 1 aromatic heterocycles. The van der Waals surface area contributed by atoms with E-state index in [0.29, 0.717) is 6.04 Å². The maximum Gasteiger partial charge on any atom is 0.185 e. The molecule has 4 nitrogen and oxygen atoms in total. The van der Waals surface area contributed by atoms with E-state index in [1.54, 1.807) is 25.4 Å². The average Bonchev–Trinajstić information content (AvgIpc) is 2.96. The Bertz CT molecular complexity index is 336. The van der Waals surface area contributed by atoms with E-state index >= 15 is 0 Å². The van der Waals surface area contributed by atoms with Gasteiger partial charge in [-0.25, -0.2) is 4.98 Å². The minimum absolute atomic E-state index is 0.478. The molecule has 1 N–H and O–H groups in total. The normalized spacial score (nSPS) is 17.4. The SMILES string of the molecule is COCCN(c1nc(C(C)O)cs1)C1CC1. The van der Waals surface area contributed by atoms with Gasteiger partial charge in [-0.15, -0.1) is 11.3 Å². The molecule has 0 amide bonds. The number of aliphatic hydroxyl groups is 1. The maximum atomic E-state index is 9.45. The van der Waals surface area contributed by atoms with Gasteiger partial charge >= 0.3 is 0 Å². The number of hydrogen-bond donors (Lipinski definition) is 1. The first-order valence-electron chi connectivity index (χ1n) is 5.61. The van der Waals surface area contributed by atoms with Gasteiger partial charge in [0.2, 0.25) is 0 Å². The Labute approximate surface area is 99.9 Å². The van der Waals surface area contributed by atoms with Gasteiger partial charge in [0.25, 0.3) is 0 Å². The van der Waals surface area contributed by atoms with Crippen molar-refractivity contribution in [1.82, 2.24) is 4.98 Å². The lowest BCUT2D eigenvalue weighted by molar-refractivity contribution is 0.195. The van der Waals surface area contributed by atoms with Gasteiger partial charge in [0.15, 0.2) is 5.13 Å². The molecule has 1 fully saturated rings. The van der Waals surface area contributed by atoms with Crippen molar-refractivity contribution in [3.8, 4) is 0 Å². The van der Waals surface area contributed by atoms with Crippen molar-refractivity contribution in [2.75, 3.05) is 25.2 Å². The molecule has 1 heterocycles. The molecule has 16 heavy (non-hydrogen) atoms. The molecule has 2 rings (SSSR count). The minimum atomic E-state index is -0.478. The van der Waals surface area contributed by atoms with Gasteiger partial charge in [-0.05, 0) is 19.8 Å². The topological polar surface area (TPSA) is 45.6 Å². The Morgan fingerprint density at radius 2 is 2.44 bits per heavy atom. The third kappa shape index (κ3) is 2.72. The first-order chi connectivity index (χ1) is 7.72. The van der Waals surface area contributed by atoms with E-state index in [-0.39, 0.29) is 0 Å². The van der Waals surface area contributed by atoms with Gasteiger partial charge in [-0.2, -0.15) is 0 Å². The number of aromatic nitrogens is 1. The number of hydrogen-bond acceptors (Lipinski definition) is 5. The van der Waals surface area contributed by atoms with Gasteiger partial charge in [-0.1, -0.05) is 0 Å². The summed E-state index contributed by atoms with van der Waals surface area (Å²) in [5.74, 6) is 0. The summed E-state index contributed by atoms with van der Waals surface area (Å²) in [6, 6.07) is 0.628. The maximum absolute atomic E-state index is 9.45. The zero-order valence-corrected chi connectivity index (χ0v) is 10.5. The molecule has 1 aliphatic rings. The fourth-order valence-electron chi connectivity index (χ4n) is 1.61. The van der Waals surface area contributed by atoms with Crippen LogP contribution in [-0.2, 0) is 4.74 Å². The molecule has 1 unspecified atom stereocenters. The molecule has 1 saturated carbocycles. The van der Waals surface area contributed by atoms with Crippen LogP contribution < -0.4 is 4.90 Å². The van der Waals surface area contributed by atoms with Crippen LogP contribution in [0.5, 0.6) is 0 Å². The van der Waals surface area contributed by atoms with E-state index in [2.05, 4.69) is 9.88 Å². The van der Waals surface area contributed by atoms with Crippen molar-refractivity contribution in [1.29, 1.82) is 0 Å². The Balaban J connectivity index is 2.05. The van der Waals surface area contributed by atoms with Crippen molar-refractivity contribution in [3.05, 3.63) is 11.1 Å². The summed E-state index contributed by atoms with van der Waals surface area (Å²) in [5.41, 5.74) is 0.767. The van der Waals surface area contributed by atoms with Crippen LogP contribution in [0.1, 0.15) is 31.6 Å². The third-order valence-corrected chi connectivity index (χ3v) is 3.60. The van der Waals surface area contributed by atoms with E-state index in [0.717, 1.165) is 24.0 Å². The summed E-state index contributed by atoms with van der Waals surface area (Å²) in [6.07, 6.45) is 2.01. The predicted molar refractivity (Wildman–Crippen MR) is 65.0 cm³/mol. The lowest BCUT2D eigenvalue weighted by atomic mass is 10.3. The summed E-state index contributed by atoms with van der Waals surface area (Å²) < 4.78 is 5.11. The van der Waals surface area contributed by atoms with Gasteiger partial charge in [-0.3, -0.25) is 0 Å². The largest absolute Gasteiger partial charge is 0.387 e. The van der Waals surface area contributed by atoms with E-state index in [1.165, 1.54) is 12.8 Å². The van der Waals surface area contributed by atoms with E-state index in [4.69, 9.17) is 4.74 Å². The van der Waals surface area contributed by atoms with E-state index in [9.17, 15) is 5.11 Å². The summed E-state index contributed by atoms with van der Waals surface area (Å²) in [4.78, 5) is 6.75. The van der Waals surface area contributed by atoms with Crippen LogP contribution in [0.25, 0.3) is 0 Å². The molecule has 0 saturated heterocycles. The molecule has 1 aliphatic carbocycles. The zero-order chi connectivity index (χ0) is 11.5. The molecule has 90 valence electrons. The Hall–Kier alpha value is -0.650. The molecule has 0 aliphatic heterocycles. The molecular formula is C11H18N2O2S. The van der Waals surface area contributed by atoms with E-state index in [1.807, 2.05) is 5.38 Å². The first kappa shape index (κ1) is 11.8. The van der Waals surface area contributed by atoms with Gasteiger partial charge in [0.05, 0.1) is 18.4 Å². The number of rotatable bonds is 6. The lowest BCUT2D eigenvalue weighted by Crippen LogP contribution is -2.29. The number of methoxy groups -OCH3 is 1. The second-order valence-corrected chi connectivity index (χ2v) is 4.98. The minimum Gasteiger partial charge on any atom is -0.387 e. The van der Waals surface area contributed by atoms with E-state index < -0.39 is 6.10 Å². The fourth-order valence-corrected chi connectivity index (χ4v) is 2.62. The summed E-state index contributed by atoms with van der Waals surface area (Å²) in [5, 5.41) is 12.4. The Morgan fingerprint density at radius 3 is 2.94 bits per heavy atom. The van der Waals surface area contributed by atoms with Gasteiger partial charge in [0, 0.05) is 25.1 Å². The van der Waals surface area contributed by atoms with Gasteiger partial charge < -0.3 is 14.7 Å². The van der Waals surface area contributed by atoms with Crippen molar-refractivity contribution < 1.29 is 9.84 Å². The second kappa shape index (κ2) is 5.12. The monoisotopic (exact) mass is 242 g/mol. The smallest absolute Gasteiger partial charge is 0.185 e. The molecule has 0 bridgehead atoms. The standard InChI is InChI=1S/C11H18N2O2S/c1-8(14)10-7-16-11(12-10)13(5-6-15-2)9-3-4-9/h7-9,14H,3-6H2,1-2H3. The molecule has 0 aromatic carbocycles. The highest BCUT2D eigenvalue weighted by atomic mass is 32.1. The molecule has 5 heteroatoms. The third-order valence-electron chi connectivity index (χ3n) is 2.71. The highest BCUT2D eigenvalue weighted by Gasteiger charge is 2.30. The van der Waals surface area contributed by atoms with Crippen LogP contribution in [0.3, 0.4) is 0 Å². The number of nitrogens with zero attached hydrogens (tertiary/aromatic N) is 2. The molecule has 0 spiro atoms.